The summed E-state index contributed by atoms with van der Waals surface area (Å²) in [5.41, 5.74) is 2.46. The number of likely N-dealkylation sites (tertiary alicyclic amines) is 1. The molecule has 3 fully saturated rings. The van der Waals surface area contributed by atoms with E-state index in [1.54, 1.807) is 24.3 Å². The van der Waals surface area contributed by atoms with E-state index in [4.69, 9.17) is 9.47 Å². The van der Waals surface area contributed by atoms with Crippen LogP contribution >= 0.6 is 0 Å². The quantitative estimate of drug-likeness (QED) is 0.291. The van der Waals surface area contributed by atoms with Gasteiger partial charge in [0.05, 0.1) is 42.1 Å². The number of sulfone groups is 1. The van der Waals surface area contributed by atoms with Crippen molar-refractivity contribution in [3.05, 3.63) is 48.2 Å². The van der Waals surface area contributed by atoms with Gasteiger partial charge in [-0.15, -0.1) is 0 Å². The van der Waals surface area contributed by atoms with Gasteiger partial charge in [-0.1, -0.05) is 12.0 Å². The molecule has 0 unspecified atom stereocenters. The van der Waals surface area contributed by atoms with E-state index >= 15 is 0 Å². The van der Waals surface area contributed by atoms with E-state index in [1.165, 1.54) is 30.2 Å². The zero-order chi connectivity index (χ0) is 32.5. The molecule has 1 saturated carbocycles. The molecule has 2 aliphatic heterocycles. The molecule has 248 valence electrons. The predicted molar refractivity (Wildman–Crippen MR) is 173 cm³/mol. The van der Waals surface area contributed by atoms with Crippen LogP contribution in [0.15, 0.2) is 47.4 Å². The number of hydrogen-bond acceptors (Lipinski definition) is 7. The summed E-state index contributed by atoms with van der Waals surface area (Å²) >= 11 is 0. The van der Waals surface area contributed by atoms with Crippen molar-refractivity contribution >= 4 is 32.1 Å². The lowest BCUT2D eigenvalue weighted by Gasteiger charge is -2.55. The Hall–Kier alpha value is -3.40. The molecule has 2 N–H and O–H groups in total. The third-order valence-corrected chi connectivity index (χ3v) is 10.6. The Balaban J connectivity index is 1.14. The number of hydrogen-bond donors (Lipinski definition) is 2. The van der Waals surface area contributed by atoms with Gasteiger partial charge >= 0.3 is 6.18 Å². The molecule has 2 aromatic carbocycles. The molecule has 3 aromatic rings. The number of fused-ring (bicyclic) bond motifs is 1. The molecule has 1 spiro atoms. The number of nitrogens with zero attached hydrogens (tertiary/aromatic N) is 2. The van der Waals surface area contributed by atoms with Crippen molar-refractivity contribution in [2.45, 2.75) is 68.2 Å². The number of rotatable bonds is 8. The Morgan fingerprint density at radius 1 is 1.09 bits per heavy atom. The lowest BCUT2D eigenvalue weighted by molar-refractivity contribution is -0.140. The third kappa shape index (κ3) is 7.27. The number of anilines is 2. The van der Waals surface area contributed by atoms with Crippen molar-refractivity contribution < 1.29 is 31.1 Å². The zero-order valence-corrected chi connectivity index (χ0v) is 27.1. The van der Waals surface area contributed by atoms with Crippen LogP contribution < -0.4 is 15.4 Å². The minimum atomic E-state index is -4.42. The summed E-state index contributed by atoms with van der Waals surface area (Å²) in [4.78, 5) is 2.73. The molecule has 1 aliphatic carbocycles. The highest BCUT2D eigenvalue weighted by Gasteiger charge is 2.46. The van der Waals surface area contributed by atoms with Gasteiger partial charge < -0.3 is 24.7 Å². The predicted octanol–water partition coefficient (Wildman–Crippen LogP) is 5.91. The summed E-state index contributed by atoms with van der Waals surface area (Å²) in [6.45, 7) is 3.00. The third-order valence-electron chi connectivity index (χ3n) is 9.52. The first-order valence-corrected chi connectivity index (χ1v) is 17.7. The van der Waals surface area contributed by atoms with Crippen LogP contribution in [0.5, 0.6) is 5.75 Å². The number of ether oxygens (including phenoxy) is 2. The van der Waals surface area contributed by atoms with Crippen LogP contribution in [0, 0.1) is 17.3 Å². The summed E-state index contributed by atoms with van der Waals surface area (Å²) in [7, 11) is -1.98. The van der Waals surface area contributed by atoms with Crippen molar-refractivity contribution in [3.63, 3.8) is 0 Å². The van der Waals surface area contributed by atoms with E-state index in [-0.39, 0.29) is 23.2 Å². The van der Waals surface area contributed by atoms with E-state index < -0.39 is 22.6 Å². The van der Waals surface area contributed by atoms with Crippen LogP contribution in [-0.2, 0) is 21.1 Å². The lowest BCUT2D eigenvalue weighted by atomic mass is 9.73. The van der Waals surface area contributed by atoms with Gasteiger partial charge in [-0.05, 0) is 74.8 Å². The molecule has 0 atom stereocenters. The minimum Gasteiger partial charge on any atom is -0.495 e. The topological polar surface area (TPSA) is 84.8 Å². The monoisotopic (exact) mass is 658 g/mol. The van der Waals surface area contributed by atoms with Crippen LogP contribution in [-0.4, -0.2) is 82.4 Å². The molecule has 2 saturated heterocycles. The van der Waals surface area contributed by atoms with E-state index in [9.17, 15) is 21.6 Å². The maximum Gasteiger partial charge on any atom is 0.406 e. The first kappa shape index (κ1) is 32.5. The van der Waals surface area contributed by atoms with Crippen LogP contribution in [0.2, 0.25) is 0 Å². The molecule has 0 bridgehead atoms. The van der Waals surface area contributed by atoms with Gasteiger partial charge in [-0.2, -0.15) is 13.2 Å². The Kier molecular flexibility index (Phi) is 9.20. The second-order valence-corrected chi connectivity index (χ2v) is 15.0. The maximum absolute atomic E-state index is 13.7. The van der Waals surface area contributed by atoms with Gasteiger partial charge in [-0.25, -0.2) is 8.42 Å². The molecule has 3 heterocycles. The Bertz CT molecular complexity index is 1720. The van der Waals surface area contributed by atoms with Crippen molar-refractivity contribution in [1.82, 2.24) is 9.47 Å². The number of nitrogens with one attached hydrogen (secondary N) is 2. The summed E-state index contributed by atoms with van der Waals surface area (Å²) < 4.78 is 77.1. The number of aromatic nitrogens is 1. The summed E-state index contributed by atoms with van der Waals surface area (Å²) in [5, 5.41) is 7.43. The Morgan fingerprint density at radius 3 is 2.54 bits per heavy atom. The lowest BCUT2D eigenvalue weighted by Crippen LogP contribution is -2.63. The number of halogens is 3. The largest absolute Gasteiger partial charge is 0.495 e. The van der Waals surface area contributed by atoms with Crippen molar-refractivity contribution in [2.75, 3.05) is 56.8 Å². The second-order valence-electron chi connectivity index (χ2n) is 13.0. The molecule has 8 nitrogen and oxygen atoms in total. The molecule has 0 radical (unpaired) electrons. The Morgan fingerprint density at radius 2 is 1.87 bits per heavy atom. The first-order valence-electron chi connectivity index (χ1n) is 15.8. The standard InChI is InChI=1S/C34H41F3N4O4S/c1-44-32-19-27(46(2,42)43)13-14-30(32)38-16-4-6-26-18-28-29(7-3-8-31(28)41(26)22-34(35,36)37)39-24-9-11-25(12-10-24)40-20-33(21-40)15-5-17-45-23-33/h3,7-8,13-14,18-19,24-25,38-39H,5,9-12,15-17,20-23H2,1-2H3. The average molecular weight is 659 g/mol. The summed E-state index contributed by atoms with van der Waals surface area (Å²) in [5.74, 6) is 6.18. The van der Waals surface area contributed by atoms with Crippen LogP contribution in [0.3, 0.4) is 0 Å². The van der Waals surface area contributed by atoms with Crippen LogP contribution in [0.4, 0.5) is 24.5 Å². The molecular weight excluding hydrogens is 617 g/mol. The Labute approximate surface area is 268 Å². The highest BCUT2D eigenvalue weighted by molar-refractivity contribution is 7.90. The fourth-order valence-corrected chi connectivity index (χ4v) is 7.86. The van der Waals surface area contributed by atoms with Gasteiger partial charge in [0.2, 0.25) is 0 Å². The van der Waals surface area contributed by atoms with Crippen molar-refractivity contribution in [3.8, 4) is 17.6 Å². The zero-order valence-electron chi connectivity index (χ0n) is 26.3. The van der Waals surface area contributed by atoms with Gasteiger partial charge in [0.1, 0.15) is 12.3 Å². The molecule has 6 rings (SSSR count). The summed E-state index contributed by atoms with van der Waals surface area (Å²) in [6.07, 6.45) is 3.34. The van der Waals surface area contributed by atoms with Crippen LogP contribution in [0.1, 0.15) is 44.2 Å². The SMILES string of the molecule is COc1cc(S(C)(=O)=O)ccc1NCC#Cc1cc2c(NC3CCC(N4CC5(CCCOC5)C4)CC3)cccc2n1CC(F)(F)F. The molecule has 46 heavy (non-hydrogen) atoms. The van der Waals surface area contributed by atoms with Gasteiger partial charge in [0.15, 0.2) is 9.84 Å². The minimum absolute atomic E-state index is 0.113. The normalized spacial score (nSPS) is 21.8. The number of alkyl halides is 3. The number of benzene rings is 2. The van der Waals surface area contributed by atoms with Gasteiger partial charge in [0.25, 0.3) is 0 Å². The van der Waals surface area contributed by atoms with E-state index in [1.807, 2.05) is 6.07 Å². The second kappa shape index (κ2) is 13.0. The average Bonchev–Trinajstić information content (AvgIpc) is 3.35. The summed E-state index contributed by atoms with van der Waals surface area (Å²) in [6, 6.07) is 12.5. The van der Waals surface area contributed by atoms with Gasteiger partial charge in [-0.3, -0.25) is 4.90 Å². The number of methoxy groups -OCH3 is 1. The first-order chi connectivity index (χ1) is 21.9. The van der Waals surface area contributed by atoms with Crippen molar-refractivity contribution in [2.24, 2.45) is 5.41 Å². The molecule has 12 heteroatoms. The van der Waals surface area contributed by atoms with E-state index in [0.717, 1.165) is 70.4 Å². The highest BCUT2D eigenvalue weighted by atomic mass is 32.2. The fraction of sp³-hybridized carbons (Fsp3) is 0.529. The fourth-order valence-electron chi connectivity index (χ4n) is 7.22. The molecule has 3 aliphatic rings. The van der Waals surface area contributed by atoms with E-state index in [0.29, 0.717) is 33.8 Å². The highest BCUT2D eigenvalue weighted by Crippen LogP contribution is 2.42. The van der Waals surface area contributed by atoms with Crippen molar-refractivity contribution in [1.29, 1.82) is 0 Å². The maximum atomic E-state index is 13.7. The van der Waals surface area contributed by atoms with Crippen LogP contribution in [0.25, 0.3) is 10.9 Å². The molecular formula is C34H41F3N4O4S. The molecule has 0 amide bonds. The smallest absolute Gasteiger partial charge is 0.406 e. The van der Waals surface area contributed by atoms with Gasteiger partial charge in [0, 0.05) is 60.6 Å². The molecule has 1 aromatic heterocycles. The van der Waals surface area contributed by atoms with E-state index in [2.05, 4.69) is 27.4 Å².